The van der Waals surface area contributed by atoms with Crippen LogP contribution in [0.15, 0.2) is 36.4 Å². The molecule has 1 aliphatic rings. The molecule has 0 aromatic heterocycles. The minimum absolute atomic E-state index is 0.0873. The summed E-state index contributed by atoms with van der Waals surface area (Å²) in [5.74, 6) is 1.54. The molecule has 1 unspecified atom stereocenters. The van der Waals surface area contributed by atoms with E-state index in [1.807, 2.05) is 24.3 Å². The van der Waals surface area contributed by atoms with Crippen molar-refractivity contribution in [3.63, 3.8) is 0 Å². The van der Waals surface area contributed by atoms with Crippen molar-refractivity contribution in [2.45, 2.75) is 26.1 Å². The molecule has 0 aliphatic carbocycles. The molecule has 0 saturated carbocycles. The molecule has 4 nitrogen and oxygen atoms in total. The third-order valence-corrected chi connectivity index (χ3v) is 4.14. The average molecular weight is 334 g/mol. The number of halogens is 1. The maximum atomic E-state index is 9.94. The molecule has 5 heteroatoms. The highest BCUT2D eigenvalue weighted by molar-refractivity contribution is 6.30. The summed E-state index contributed by atoms with van der Waals surface area (Å²) in [5, 5.41) is 10.6. The van der Waals surface area contributed by atoms with Crippen molar-refractivity contribution >= 4 is 11.6 Å². The Labute approximate surface area is 141 Å². The van der Waals surface area contributed by atoms with Gasteiger partial charge >= 0.3 is 0 Å². The Morgan fingerprint density at radius 3 is 2.87 bits per heavy atom. The number of benzene rings is 2. The molecule has 23 heavy (non-hydrogen) atoms. The van der Waals surface area contributed by atoms with E-state index in [1.165, 1.54) is 0 Å². The zero-order valence-corrected chi connectivity index (χ0v) is 14.0. The highest BCUT2D eigenvalue weighted by atomic mass is 35.5. The molecule has 0 saturated heterocycles. The zero-order valence-electron chi connectivity index (χ0n) is 13.3. The fourth-order valence-corrected chi connectivity index (χ4v) is 3.12. The number of nitrogens with zero attached hydrogens (tertiary/aromatic N) is 1. The number of hydrogen-bond donors (Lipinski definition) is 1. The van der Waals surface area contributed by atoms with Crippen molar-refractivity contribution in [1.82, 2.24) is 4.90 Å². The van der Waals surface area contributed by atoms with Gasteiger partial charge in [0.25, 0.3) is 0 Å². The van der Waals surface area contributed by atoms with Crippen molar-refractivity contribution in [2.75, 3.05) is 13.7 Å². The molecule has 3 rings (SSSR count). The van der Waals surface area contributed by atoms with Crippen LogP contribution < -0.4 is 9.47 Å². The highest BCUT2D eigenvalue weighted by Gasteiger charge is 2.20. The van der Waals surface area contributed by atoms with Gasteiger partial charge in [-0.25, -0.2) is 0 Å². The molecule has 0 fully saturated rings. The van der Waals surface area contributed by atoms with Crippen molar-refractivity contribution in [2.24, 2.45) is 0 Å². The second-order valence-corrected chi connectivity index (χ2v) is 6.29. The Morgan fingerprint density at radius 2 is 2.13 bits per heavy atom. The van der Waals surface area contributed by atoms with Crippen LogP contribution in [0.2, 0.25) is 5.02 Å². The summed E-state index contributed by atoms with van der Waals surface area (Å²) >= 11 is 6.11. The molecule has 0 spiro atoms. The molecule has 0 radical (unpaired) electrons. The molecule has 1 atom stereocenters. The third-order valence-electron chi connectivity index (χ3n) is 3.91. The predicted molar refractivity (Wildman–Crippen MR) is 90.3 cm³/mol. The molecular formula is C18H20ClNO3. The molecular weight excluding hydrogens is 314 g/mol. The van der Waals surface area contributed by atoms with Crippen molar-refractivity contribution in [3.8, 4) is 17.2 Å². The van der Waals surface area contributed by atoms with E-state index in [0.717, 1.165) is 36.5 Å². The summed E-state index contributed by atoms with van der Waals surface area (Å²) in [6, 6.07) is 11.2. The Hall–Kier alpha value is -1.91. The molecule has 1 aliphatic heterocycles. The first kappa shape index (κ1) is 16.0. The van der Waals surface area contributed by atoms with Crippen LogP contribution >= 0.6 is 11.6 Å². The topological polar surface area (TPSA) is 41.9 Å². The maximum absolute atomic E-state index is 9.94. The summed E-state index contributed by atoms with van der Waals surface area (Å²) in [6.45, 7) is 4.34. The van der Waals surface area contributed by atoms with Crippen molar-refractivity contribution in [1.29, 1.82) is 0 Å². The van der Waals surface area contributed by atoms with Gasteiger partial charge in [-0.2, -0.15) is 0 Å². The lowest BCUT2D eigenvalue weighted by Crippen LogP contribution is -2.30. The molecule has 122 valence electrons. The second-order valence-electron chi connectivity index (χ2n) is 5.86. The van der Waals surface area contributed by atoms with Gasteiger partial charge in [0.2, 0.25) is 0 Å². The first-order valence-electron chi connectivity index (χ1n) is 7.58. The lowest BCUT2D eigenvalue weighted by Gasteiger charge is -2.22. The van der Waals surface area contributed by atoms with Gasteiger partial charge in [0.15, 0.2) is 11.5 Å². The quantitative estimate of drug-likeness (QED) is 0.926. The first-order valence-corrected chi connectivity index (χ1v) is 7.96. The van der Waals surface area contributed by atoms with E-state index in [-0.39, 0.29) is 11.9 Å². The van der Waals surface area contributed by atoms with Crippen LogP contribution in [0.4, 0.5) is 0 Å². The molecule has 1 heterocycles. The minimum Gasteiger partial charge on any atom is -0.504 e. The number of rotatable bonds is 3. The molecule has 0 bridgehead atoms. The number of methoxy groups -OCH3 is 1. The van der Waals surface area contributed by atoms with Gasteiger partial charge in [0, 0.05) is 30.2 Å². The normalized spacial score (nSPS) is 18.0. The number of aromatic hydroxyl groups is 1. The van der Waals surface area contributed by atoms with Gasteiger partial charge in [0.05, 0.1) is 7.11 Å². The fourth-order valence-electron chi connectivity index (χ4n) is 2.92. The van der Waals surface area contributed by atoms with Gasteiger partial charge in [-0.3, -0.25) is 4.90 Å². The van der Waals surface area contributed by atoms with Crippen LogP contribution in [0.5, 0.6) is 17.2 Å². The van der Waals surface area contributed by atoms with E-state index in [4.69, 9.17) is 21.1 Å². The van der Waals surface area contributed by atoms with E-state index in [0.29, 0.717) is 10.8 Å². The van der Waals surface area contributed by atoms with Gasteiger partial charge in [-0.15, -0.1) is 0 Å². The molecule has 0 amide bonds. The largest absolute Gasteiger partial charge is 0.504 e. The monoisotopic (exact) mass is 333 g/mol. The van der Waals surface area contributed by atoms with Gasteiger partial charge < -0.3 is 14.6 Å². The molecule has 2 aromatic carbocycles. The first-order chi connectivity index (χ1) is 11.0. The SMILES string of the molecule is COc1ccc(CN2Cc3cc(Cl)ccc3OC(C)C2)cc1O. The smallest absolute Gasteiger partial charge is 0.160 e. The van der Waals surface area contributed by atoms with E-state index in [9.17, 15) is 5.11 Å². The highest BCUT2D eigenvalue weighted by Crippen LogP contribution is 2.30. The minimum atomic E-state index is 0.0873. The molecule has 2 aromatic rings. The summed E-state index contributed by atoms with van der Waals surface area (Å²) in [7, 11) is 1.54. The lowest BCUT2D eigenvalue weighted by molar-refractivity contribution is 0.156. The fraction of sp³-hybridized carbons (Fsp3) is 0.333. The van der Waals surface area contributed by atoms with Crippen LogP contribution in [0, 0.1) is 0 Å². The standard InChI is InChI=1S/C18H20ClNO3/c1-12-9-20(10-13-3-5-18(22-2)16(21)7-13)11-14-8-15(19)4-6-17(14)23-12/h3-8,12,21H,9-11H2,1-2H3. The van der Waals surface area contributed by atoms with Gasteiger partial charge in [-0.05, 0) is 42.8 Å². The average Bonchev–Trinajstić information content (AvgIpc) is 2.64. The summed E-state index contributed by atoms with van der Waals surface area (Å²) in [4.78, 5) is 2.29. The van der Waals surface area contributed by atoms with Crippen LogP contribution in [0.1, 0.15) is 18.1 Å². The van der Waals surface area contributed by atoms with Gasteiger partial charge in [0.1, 0.15) is 11.9 Å². The summed E-state index contributed by atoms with van der Waals surface area (Å²) in [5.41, 5.74) is 2.11. The van der Waals surface area contributed by atoms with Crippen LogP contribution in [-0.2, 0) is 13.1 Å². The molecule has 1 N–H and O–H groups in total. The number of ether oxygens (including phenoxy) is 2. The Balaban J connectivity index is 1.81. The lowest BCUT2D eigenvalue weighted by atomic mass is 10.1. The maximum Gasteiger partial charge on any atom is 0.160 e. The van der Waals surface area contributed by atoms with E-state index >= 15 is 0 Å². The summed E-state index contributed by atoms with van der Waals surface area (Å²) < 4.78 is 11.1. The number of hydrogen-bond acceptors (Lipinski definition) is 4. The van der Waals surface area contributed by atoms with E-state index < -0.39 is 0 Å². The Morgan fingerprint density at radius 1 is 1.30 bits per heavy atom. The number of phenols is 1. The number of fused-ring (bicyclic) bond motifs is 1. The third kappa shape index (κ3) is 3.71. The van der Waals surface area contributed by atoms with Crippen LogP contribution in [0.25, 0.3) is 0 Å². The Bertz CT molecular complexity index is 705. The second kappa shape index (κ2) is 6.69. The van der Waals surface area contributed by atoms with E-state index in [2.05, 4.69) is 11.8 Å². The number of phenolic OH excluding ortho intramolecular Hbond substituents is 1. The summed E-state index contributed by atoms with van der Waals surface area (Å²) in [6.07, 6.45) is 0.0873. The van der Waals surface area contributed by atoms with Crippen molar-refractivity contribution in [3.05, 3.63) is 52.5 Å². The van der Waals surface area contributed by atoms with Crippen LogP contribution in [-0.4, -0.2) is 29.8 Å². The predicted octanol–water partition coefficient (Wildman–Crippen LogP) is 3.84. The zero-order chi connectivity index (χ0) is 16.4. The van der Waals surface area contributed by atoms with Gasteiger partial charge in [-0.1, -0.05) is 17.7 Å². The van der Waals surface area contributed by atoms with E-state index in [1.54, 1.807) is 19.2 Å². The van der Waals surface area contributed by atoms with Crippen molar-refractivity contribution < 1.29 is 14.6 Å². The Kier molecular flexibility index (Phi) is 4.64. The van der Waals surface area contributed by atoms with Crippen LogP contribution in [0.3, 0.4) is 0 Å².